The fourth-order valence-electron chi connectivity index (χ4n) is 2.92. The maximum Gasteiger partial charge on any atom is 0.273 e. The highest BCUT2D eigenvalue weighted by molar-refractivity contribution is 8.00. The van der Waals surface area contributed by atoms with Crippen molar-refractivity contribution in [2.24, 2.45) is 0 Å². The van der Waals surface area contributed by atoms with Gasteiger partial charge in [0.25, 0.3) is 5.56 Å². The third kappa shape index (κ3) is 2.84. The molecule has 0 unspecified atom stereocenters. The Hall–Kier alpha value is -2.15. The van der Waals surface area contributed by atoms with E-state index >= 15 is 0 Å². The van der Waals surface area contributed by atoms with E-state index in [1.54, 1.807) is 24.4 Å². The highest BCUT2D eigenvalue weighted by Gasteiger charge is 2.36. The van der Waals surface area contributed by atoms with E-state index in [2.05, 4.69) is 4.98 Å². The minimum Gasteiger partial charge on any atom is -0.324 e. The van der Waals surface area contributed by atoms with Crippen LogP contribution in [0.4, 0.5) is 10.1 Å². The number of hydrogen-bond donors (Lipinski definition) is 0. The molecule has 2 aliphatic rings. The number of thioether (sulfide) groups is 1. The molecule has 0 spiro atoms. The van der Waals surface area contributed by atoms with Gasteiger partial charge < -0.3 is 9.47 Å². The number of carbonyl (C=O) groups is 1. The first-order chi connectivity index (χ1) is 11.6. The summed E-state index contributed by atoms with van der Waals surface area (Å²) < 4.78 is 15.9. The van der Waals surface area contributed by atoms with Crippen LogP contribution in [-0.4, -0.2) is 27.3 Å². The van der Waals surface area contributed by atoms with Crippen molar-refractivity contribution >= 4 is 23.4 Å². The van der Waals surface area contributed by atoms with Crippen molar-refractivity contribution < 1.29 is 9.18 Å². The minimum absolute atomic E-state index is 0.134. The first kappa shape index (κ1) is 15.4. The molecule has 0 radical (unpaired) electrons. The van der Waals surface area contributed by atoms with E-state index in [1.807, 2.05) is 4.57 Å². The monoisotopic (exact) mass is 345 g/mol. The summed E-state index contributed by atoms with van der Waals surface area (Å²) in [5.74, 6) is -0.533. The lowest BCUT2D eigenvalue weighted by molar-refractivity contribution is -0.116. The summed E-state index contributed by atoms with van der Waals surface area (Å²) in [6.07, 6.45) is 4.49. The van der Waals surface area contributed by atoms with E-state index in [-0.39, 0.29) is 16.7 Å². The zero-order valence-electron chi connectivity index (χ0n) is 12.9. The van der Waals surface area contributed by atoms with Crippen molar-refractivity contribution in [2.75, 3.05) is 11.4 Å². The molecule has 1 amide bonds. The second kappa shape index (κ2) is 6.05. The number of para-hydroxylation sites is 1. The molecule has 4 rings (SSSR count). The van der Waals surface area contributed by atoms with Gasteiger partial charge in [0.05, 0.1) is 10.9 Å². The van der Waals surface area contributed by atoms with Crippen molar-refractivity contribution in [1.29, 1.82) is 0 Å². The molecular weight excluding hydrogens is 329 g/mol. The summed E-state index contributed by atoms with van der Waals surface area (Å²) in [4.78, 5) is 29.8. The van der Waals surface area contributed by atoms with Gasteiger partial charge in [0, 0.05) is 24.8 Å². The molecule has 124 valence electrons. The van der Waals surface area contributed by atoms with E-state index in [0.717, 1.165) is 12.8 Å². The van der Waals surface area contributed by atoms with Gasteiger partial charge >= 0.3 is 0 Å². The number of aromatic nitrogens is 2. The summed E-state index contributed by atoms with van der Waals surface area (Å²) in [5, 5.41) is 0.239. The molecule has 1 aliphatic heterocycles. The van der Waals surface area contributed by atoms with Crippen LogP contribution in [0.2, 0.25) is 0 Å². The smallest absolute Gasteiger partial charge is 0.273 e. The zero-order valence-corrected chi connectivity index (χ0v) is 13.7. The van der Waals surface area contributed by atoms with Crippen molar-refractivity contribution in [1.82, 2.24) is 9.55 Å². The van der Waals surface area contributed by atoms with Crippen LogP contribution in [0.25, 0.3) is 0 Å². The van der Waals surface area contributed by atoms with Crippen LogP contribution in [0, 0.1) is 5.82 Å². The lowest BCUT2D eigenvalue weighted by Crippen LogP contribution is -2.29. The molecule has 1 aromatic carbocycles. The Morgan fingerprint density at radius 3 is 2.67 bits per heavy atom. The van der Waals surface area contributed by atoms with Gasteiger partial charge in [-0.3, -0.25) is 9.59 Å². The molecule has 0 bridgehead atoms. The molecule has 2 fully saturated rings. The molecule has 5 nitrogen and oxygen atoms in total. The Kier molecular flexibility index (Phi) is 3.88. The second-order valence-electron chi connectivity index (χ2n) is 6.02. The van der Waals surface area contributed by atoms with Crippen molar-refractivity contribution in [3.8, 4) is 0 Å². The predicted octanol–water partition coefficient (Wildman–Crippen LogP) is 2.61. The van der Waals surface area contributed by atoms with E-state index in [1.165, 1.54) is 28.8 Å². The predicted molar refractivity (Wildman–Crippen MR) is 89.8 cm³/mol. The quantitative estimate of drug-likeness (QED) is 0.800. The molecule has 1 aromatic heterocycles. The van der Waals surface area contributed by atoms with Gasteiger partial charge in [-0.1, -0.05) is 23.9 Å². The van der Waals surface area contributed by atoms with Crippen LogP contribution < -0.4 is 10.5 Å². The number of nitrogens with zero attached hydrogens (tertiary/aromatic N) is 3. The summed E-state index contributed by atoms with van der Waals surface area (Å²) in [7, 11) is 0. The van der Waals surface area contributed by atoms with Gasteiger partial charge in [0.2, 0.25) is 5.91 Å². The summed E-state index contributed by atoms with van der Waals surface area (Å²) in [6.45, 7) is 0.470. The molecule has 0 N–H and O–H groups in total. The molecule has 24 heavy (non-hydrogen) atoms. The van der Waals surface area contributed by atoms with E-state index < -0.39 is 5.82 Å². The molecule has 2 aromatic rings. The third-order valence-corrected chi connectivity index (χ3v) is 5.53. The summed E-state index contributed by atoms with van der Waals surface area (Å²) in [5.41, 5.74) is 0.0111. The molecule has 2 heterocycles. The van der Waals surface area contributed by atoms with Gasteiger partial charge in [0.1, 0.15) is 5.82 Å². The summed E-state index contributed by atoms with van der Waals surface area (Å²) in [6, 6.07) is 8.11. The Morgan fingerprint density at radius 2 is 1.92 bits per heavy atom. The number of anilines is 1. The molecular formula is C17H16FN3O2S. The Balaban J connectivity index is 1.57. The van der Waals surface area contributed by atoms with Crippen molar-refractivity contribution in [3.63, 3.8) is 0 Å². The number of amides is 1. The standard InChI is InChI=1S/C17H16FN3O2S/c18-12-3-1-2-4-13(12)21-9-7-14(16(21)23)24-17-19-15(22)8-10-20(17)11-5-6-11/h1-4,8,10-11,14H,5-7,9H2/t14-/m1/s1. The van der Waals surface area contributed by atoms with Crippen LogP contribution in [0.1, 0.15) is 25.3 Å². The van der Waals surface area contributed by atoms with Crippen molar-refractivity contribution in [2.45, 2.75) is 35.7 Å². The van der Waals surface area contributed by atoms with Gasteiger partial charge in [-0.2, -0.15) is 4.98 Å². The fraction of sp³-hybridized carbons (Fsp3) is 0.353. The van der Waals surface area contributed by atoms with E-state index in [4.69, 9.17) is 0 Å². The molecule has 1 aliphatic carbocycles. The normalized spacial score (nSPS) is 20.6. The molecule has 7 heteroatoms. The topological polar surface area (TPSA) is 55.2 Å². The SMILES string of the molecule is O=C1[C@H](Sc2nc(=O)ccn2C2CC2)CCN1c1ccccc1F. The maximum atomic E-state index is 13.9. The maximum absolute atomic E-state index is 13.9. The lowest BCUT2D eigenvalue weighted by Gasteiger charge is -2.17. The summed E-state index contributed by atoms with van der Waals surface area (Å²) >= 11 is 1.31. The van der Waals surface area contributed by atoms with Gasteiger partial charge in [0.15, 0.2) is 5.16 Å². The second-order valence-corrected chi connectivity index (χ2v) is 7.19. The number of hydrogen-bond acceptors (Lipinski definition) is 4. The Labute approximate surface area is 142 Å². The largest absolute Gasteiger partial charge is 0.324 e. The van der Waals surface area contributed by atoms with Crippen molar-refractivity contribution in [3.05, 3.63) is 52.7 Å². The average Bonchev–Trinajstić information content (AvgIpc) is 3.34. The number of halogens is 1. The lowest BCUT2D eigenvalue weighted by atomic mass is 10.3. The van der Waals surface area contributed by atoms with Crippen LogP contribution in [0.3, 0.4) is 0 Å². The van der Waals surface area contributed by atoms with Gasteiger partial charge in [-0.05, 0) is 31.4 Å². The minimum atomic E-state index is -0.399. The third-order valence-electron chi connectivity index (χ3n) is 4.29. The Bertz CT molecular complexity index is 850. The van der Waals surface area contributed by atoms with E-state index in [9.17, 15) is 14.0 Å². The highest BCUT2D eigenvalue weighted by atomic mass is 32.2. The first-order valence-corrected chi connectivity index (χ1v) is 8.83. The number of benzene rings is 1. The molecule has 1 atom stereocenters. The van der Waals surface area contributed by atoms with Crippen LogP contribution in [0.5, 0.6) is 0 Å². The molecule has 1 saturated heterocycles. The van der Waals surface area contributed by atoms with E-state index in [0.29, 0.717) is 29.9 Å². The van der Waals surface area contributed by atoms with Crippen LogP contribution in [-0.2, 0) is 4.79 Å². The average molecular weight is 345 g/mol. The molecule has 1 saturated carbocycles. The van der Waals surface area contributed by atoms with Crippen LogP contribution >= 0.6 is 11.8 Å². The van der Waals surface area contributed by atoms with Gasteiger partial charge in [-0.25, -0.2) is 4.39 Å². The number of rotatable bonds is 4. The Morgan fingerprint density at radius 1 is 1.12 bits per heavy atom. The van der Waals surface area contributed by atoms with Gasteiger partial charge in [-0.15, -0.1) is 0 Å². The fourth-order valence-corrected chi connectivity index (χ4v) is 4.10. The zero-order chi connectivity index (χ0) is 16.7. The highest BCUT2D eigenvalue weighted by Crippen LogP contribution is 2.39. The first-order valence-electron chi connectivity index (χ1n) is 7.95. The number of carbonyl (C=O) groups excluding carboxylic acids is 1. The van der Waals surface area contributed by atoms with Crippen LogP contribution in [0.15, 0.2) is 46.5 Å².